The van der Waals surface area contributed by atoms with Gasteiger partial charge in [-0.25, -0.2) is 5.84 Å². The van der Waals surface area contributed by atoms with Crippen molar-refractivity contribution in [1.29, 1.82) is 0 Å². The zero-order chi connectivity index (χ0) is 13.0. The Bertz CT molecular complexity index is 405. The Morgan fingerprint density at radius 2 is 2.17 bits per heavy atom. The lowest BCUT2D eigenvalue weighted by molar-refractivity contribution is 0.0668. The molecule has 0 saturated carbocycles. The predicted molar refractivity (Wildman–Crippen MR) is 68.6 cm³/mol. The van der Waals surface area contributed by atoms with Gasteiger partial charge >= 0.3 is 0 Å². The van der Waals surface area contributed by atoms with Crippen molar-refractivity contribution in [2.24, 2.45) is 5.84 Å². The van der Waals surface area contributed by atoms with Crippen LogP contribution in [0.4, 0.5) is 0 Å². The fraction of sp³-hybridized carbons (Fsp3) is 0.462. The first-order valence-electron chi connectivity index (χ1n) is 6.19. The smallest absolute Gasteiger partial charge is 0.265 e. The lowest BCUT2D eigenvalue weighted by atomic mass is 10.1. The third kappa shape index (κ3) is 3.29. The minimum absolute atomic E-state index is 0.207. The highest BCUT2D eigenvalue weighted by Gasteiger charge is 2.17. The number of likely N-dealkylation sites (tertiary alicyclic amines) is 1. The van der Waals surface area contributed by atoms with Crippen LogP contribution in [0.15, 0.2) is 24.3 Å². The number of carbonyl (C=O) groups excluding carboxylic acids is 1. The van der Waals surface area contributed by atoms with Gasteiger partial charge in [-0.2, -0.15) is 0 Å². The number of hydrazine groups is 1. The Balaban J connectivity index is 1.95. The molecule has 1 aliphatic rings. The summed E-state index contributed by atoms with van der Waals surface area (Å²) >= 11 is 0. The van der Waals surface area contributed by atoms with Crippen molar-refractivity contribution in [2.75, 3.05) is 13.1 Å². The van der Waals surface area contributed by atoms with Crippen molar-refractivity contribution < 1.29 is 9.90 Å². The average Bonchev–Trinajstić information content (AvgIpc) is 2.39. The Hall–Kier alpha value is -1.43. The fourth-order valence-electron chi connectivity index (χ4n) is 2.28. The number of hydrogen-bond acceptors (Lipinski definition) is 4. The number of benzene rings is 1. The zero-order valence-electron chi connectivity index (χ0n) is 10.3. The van der Waals surface area contributed by atoms with Gasteiger partial charge in [-0.05, 0) is 37.1 Å². The molecule has 1 aromatic rings. The van der Waals surface area contributed by atoms with Crippen molar-refractivity contribution in [3.63, 3.8) is 0 Å². The molecule has 98 valence electrons. The summed E-state index contributed by atoms with van der Waals surface area (Å²) in [7, 11) is 0. The summed E-state index contributed by atoms with van der Waals surface area (Å²) in [4.78, 5) is 13.5. The summed E-state index contributed by atoms with van der Waals surface area (Å²) < 4.78 is 0. The molecule has 1 fully saturated rings. The Kier molecular flexibility index (Phi) is 4.30. The van der Waals surface area contributed by atoms with Gasteiger partial charge in [0.15, 0.2) is 0 Å². The van der Waals surface area contributed by atoms with Gasteiger partial charge in [-0.3, -0.25) is 15.1 Å². The maximum Gasteiger partial charge on any atom is 0.265 e. The SMILES string of the molecule is NNC(=O)c1ccc(CN2CCCC(O)C2)cc1. The van der Waals surface area contributed by atoms with E-state index in [0.29, 0.717) is 5.56 Å². The maximum atomic E-state index is 11.3. The quantitative estimate of drug-likeness (QED) is 0.407. The van der Waals surface area contributed by atoms with Crippen LogP contribution in [0, 0.1) is 0 Å². The predicted octanol–water partition coefficient (Wildman–Crippen LogP) is 0.247. The largest absolute Gasteiger partial charge is 0.392 e. The first kappa shape index (κ1) is 13.0. The number of carbonyl (C=O) groups is 1. The number of β-amino-alcohol motifs (C(OH)–C–C–N with tert-alkyl or cyclic N) is 1. The second-order valence-corrected chi connectivity index (χ2v) is 4.70. The van der Waals surface area contributed by atoms with Gasteiger partial charge in [0.25, 0.3) is 5.91 Å². The lowest BCUT2D eigenvalue weighted by Gasteiger charge is -2.29. The number of aliphatic hydroxyl groups is 1. The molecule has 0 aliphatic carbocycles. The summed E-state index contributed by atoms with van der Waals surface area (Å²) in [5.41, 5.74) is 3.80. The first-order valence-corrected chi connectivity index (χ1v) is 6.19. The van der Waals surface area contributed by atoms with Gasteiger partial charge in [0.1, 0.15) is 0 Å². The van der Waals surface area contributed by atoms with Crippen LogP contribution < -0.4 is 11.3 Å². The van der Waals surface area contributed by atoms with E-state index in [1.54, 1.807) is 12.1 Å². The van der Waals surface area contributed by atoms with Crippen LogP contribution in [0.2, 0.25) is 0 Å². The third-order valence-corrected chi connectivity index (χ3v) is 3.23. The Morgan fingerprint density at radius 1 is 1.44 bits per heavy atom. The standard InChI is InChI=1S/C13H19N3O2/c14-15-13(18)11-5-3-10(4-6-11)8-16-7-1-2-12(17)9-16/h3-6,12,17H,1-2,7-9,14H2,(H,15,18). The normalized spacial score (nSPS) is 20.7. The van der Waals surface area contributed by atoms with E-state index in [4.69, 9.17) is 5.84 Å². The van der Waals surface area contributed by atoms with E-state index in [2.05, 4.69) is 10.3 Å². The molecule has 1 heterocycles. The molecule has 1 saturated heterocycles. The van der Waals surface area contributed by atoms with Crippen LogP contribution in [0.5, 0.6) is 0 Å². The van der Waals surface area contributed by atoms with E-state index in [1.807, 2.05) is 12.1 Å². The van der Waals surface area contributed by atoms with Crippen LogP contribution in [0.25, 0.3) is 0 Å². The molecule has 1 aliphatic heterocycles. The van der Waals surface area contributed by atoms with Gasteiger partial charge in [-0.15, -0.1) is 0 Å². The number of rotatable bonds is 3. The molecule has 5 heteroatoms. The topological polar surface area (TPSA) is 78.6 Å². The molecule has 5 nitrogen and oxygen atoms in total. The molecule has 18 heavy (non-hydrogen) atoms. The number of piperidine rings is 1. The molecule has 0 radical (unpaired) electrons. The molecule has 1 atom stereocenters. The van der Waals surface area contributed by atoms with Crippen molar-refractivity contribution in [1.82, 2.24) is 10.3 Å². The van der Waals surface area contributed by atoms with Crippen molar-refractivity contribution in [3.05, 3.63) is 35.4 Å². The first-order chi connectivity index (χ1) is 8.69. The number of nitrogens with one attached hydrogen (secondary N) is 1. The van der Waals surface area contributed by atoms with Gasteiger partial charge in [0.2, 0.25) is 0 Å². The summed E-state index contributed by atoms with van der Waals surface area (Å²) in [5.74, 6) is 4.79. The van der Waals surface area contributed by atoms with Gasteiger partial charge in [0.05, 0.1) is 6.10 Å². The Morgan fingerprint density at radius 3 is 2.78 bits per heavy atom. The number of hydrogen-bond donors (Lipinski definition) is 3. The Labute approximate surface area is 107 Å². The second-order valence-electron chi connectivity index (χ2n) is 4.70. The lowest BCUT2D eigenvalue weighted by Crippen LogP contribution is -2.37. The second kappa shape index (κ2) is 5.95. The highest BCUT2D eigenvalue weighted by molar-refractivity contribution is 5.93. The summed E-state index contributed by atoms with van der Waals surface area (Å²) in [5, 5.41) is 9.60. The molecule has 1 aromatic carbocycles. The van der Waals surface area contributed by atoms with Crippen LogP contribution in [0.1, 0.15) is 28.8 Å². The van der Waals surface area contributed by atoms with E-state index < -0.39 is 0 Å². The van der Waals surface area contributed by atoms with Gasteiger partial charge < -0.3 is 5.11 Å². The van der Waals surface area contributed by atoms with Crippen LogP contribution >= 0.6 is 0 Å². The number of nitrogen functional groups attached to an aromatic ring is 1. The minimum atomic E-state index is -0.282. The average molecular weight is 249 g/mol. The molecule has 4 N–H and O–H groups in total. The molecule has 1 unspecified atom stereocenters. The van der Waals surface area contributed by atoms with E-state index in [9.17, 15) is 9.90 Å². The molecular formula is C13H19N3O2. The number of nitrogens with two attached hydrogens (primary N) is 1. The molecular weight excluding hydrogens is 230 g/mol. The van der Waals surface area contributed by atoms with E-state index in [1.165, 1.54) is 0 Å². The molecule has 0 spiro atoms. The number of nitrogens with zero attached hydrogens (tertiary/aromatic N) is 1. The van der Waals surface area contributed by atoms with E-state index in [-0.39, 0.29) is 12.0 Å². The molecule has 1 amide bonds. The number of aliphatic hydroxyl groups excluding tert-OH is 1. The summed E-state index contributed by atoms with van der Waals surface area (Å²) in [6, 6.07) is 7.37. The van der Waals surface area contributed by atoms with Crippen molar-refractivity contribution in [3.8, 4) is 0 Å². The minimum Gasteiger partial charge on any atom is -0.392 e. The zero-order valence-corrected chi connectivity index (χ0v) is 10.3. The number of amides is 1. The molecule has 0 aromatic heterocycles. The highest BCUT2D eigenvalue weighted by atomic mass is 16.3. The fourth-order valence-corrected chi connectivity index (χ4v) is 2.28. The third-order valence-electron chi connectivity index (χ3n) is 3.23. The van der Waals surface area contributed by atoms with Crippen LogP contribution in [0.3, 0.4) is 0 Å². The maximum absolute atomic E-state index is 11.3. The van der Waals surface area contributed by atoms with Gasteiger partial charge in [0, 0.05) is 18.7 Å². The van der Waals surface area contributed by atoms with Crippen molar-refractivity contribution in [2.45, 2.75) is 25.5 Å². The van der Waals surface area contributed by atoms with Gasteiger partial charge in [-0.1, -0.05) is 12.1 Å². The molecule has 0 bridgehead atoms. The monoisotopic (exact) mass is 249 g/mol. The highest BCUT2D eigenvalue weighted by Crippen LogP contribution is 2.14. The van der Waals surface area contributed by atoms with E-state index >= 15 is 0 Å². The van der Waals surface area contributed by atoms with Crippen molar-refractivity contribution >= 4 is 5.91 Å². The summed E-state index contributed by atoms with van der Waals surface area (Å²) in [6.07, 6.45) is 1.72. The summed E-state index contributed by atoms with van der Waals surface area (Å²) in [6.45, 7) is 2.55. The van der Waals surface area contributed by atoms with Crippen LogP contribution in [-0.2, 0) is 6.54 Å². The van der Waals surface area contributed by atoms with Crippen LogP contribution in [-0.4, -0.2) is 35.1 Å². The van der Waals surface area contributed by atoms with E-state index in [0.717, 1.165) is 38.0 Å². The molecule has 2 rings (SSSR count).